The fourth-order valence-electron chi connectivity index (χ4n) is 2.95. The summed E-state index contributed by atoms with van der Waals surface area (Å²) in [7, 11) is 0. The lowest BCUT2D eigenvalue weighted by molar-refractivity contribution is -0.123. The Bertz CT molecular complexity index is 1280. The third-order valence-electron chi connectivity index (χ3n) is 4.55. The minimum atomic E-state index is -0.561. The molecule has 0 radical (unpaired) electrons. The molecule has 4 rings (SSSR count). The Hall–Kier alpha value is -3.49. The van der Waals surface area contributed by atoms with Gasteiger partial charge in [0.05, 0.1) is 22.8 Å². The van der Waals surface area contributed by atoms with Gasteiger partial charge in [0.15, 0.2) is 0 Å². The summed E-state index contributed by atoms with van der Waals surface area (Å²) in [5, 5.41) is 18.4. The molecule has 2 amide bonds. The molecule has 6 nitrogen and oxygen atoms in total. The number of thioether (sulfide) groups is 1. The van der Waals surface area contributed by atoms with Crippen molar-refractivity contribution in [3.63, 3.8) is 0 Å². The molecule has 0 aromatic heterocycles. The fourth-order valence-corrected chi connectivity index (χ4v) is 3.96. The lowest BCUT2D eigenvalue weighted by Gasteiger charge is -2.12. The first-order valence-corrected chi connectivity index (χ1v) is 10.6. The Morgan fingerprint density at radius 1 is 1.00 bits per heavy atom. The zero-order valence-corrected chi connectivity index (χ0v) is 18.0. The molecule has 3 aromatic rings. The van der Waals surface area contributed by atoms with Crippen molar-refractivity contribution in [3.05, 3.63) is 93.6 Å². The minimum Gasteiger partial charge on any atom is -0.507 e. The monoisotopic (exact) mass is 467 g/mol. The number of rotatable bonds is 5. The van der Waals surface area contributed by atoms with Gasteiger partial charge in [-0.3, -0.25) is 14.5 Å². The maximum atomic E-state index is 13.9. The first kappa shape index (κ1) is 21.7. The molecular formula is C23H15ClFN3O3S. The van der Waals surface area contributed by atoms with Crippen LogP contribution in [0.2, 0.25) is 5.02 Å². The van der Waals surface area contributed by atoms with Crippen molar-refractivity contribution in [2.24, 2.45) is 10.2 Å². The Kier molecular flexibility index (Phi) is 6.34. The average molecular weight is 468 g/mol. The fraction of sp³-hybridized carbons (Fsp3) is 0.0435. The van der Waals surface area contributed by atoms with Crippen molar-refractivity contribution in [2.75, 3.05) is 0 Å². The zero-order valence-electron chi connectivity index (χ0n) is 16.4. The van der Waals surface area contributed by atoms with E-state index in [4.69, 9.17) is 11.6 Å². The first-order chi connectivity index (χ1) is 15.4. The highest BCUT2D eigenvalue weighted by Crippen LogP contribution is 2.36. The number of carbonyl (C=O) groups excluding carboxylic acids is 2. The number of hydrogen-bond acceptors (Lipinski definition) is 6. The van der Waals surface area contributed by atoms with Crippen LogP contribution < -0.4 is 0 Å². The van der Waals surface area contributed by atoms with Gasteiger partial charge in [-0.1, -0.05) is 35.9 Å². The molecule has 0 bridgehead atoms. The van der Waals surface area contributed by atoms with Crippen LogP contribution in [0, 0.1) is 5.82 Å². The maximum Gasteiger partial charge on any atom is 0.293 e. The van der Waals surface area contributed by atoms with E-state index in [9.17, 15) is 19.1 Å². The molecule has 1 saturated heterocycles. The van der Waals surface area contributed by atoms with Crippen LogP contribution >= 0.6 is 23.4 Å². The molecule has 32 heavy (non-hydrogen) atoms. The van der Waals surface area contributed by atoms with Crippen LogP contribution in [0.5, 0.6) is 5.75 Å². The summed E-state index contributed by atoms with van der Waals surface area (Å²) < 4.78 is 13.9. The molecule has 0 saturated carbocycles. The van der Waals surface area contributed by atoms with E-state index in [-0.39, 0.29) is 22.8 Å². The number of benzene rings is 3. The lowest BCUT2D eigenvalue weighted by atomic mass is 10.1. The quantitative estimate of drug-likeness (QED) is 0.329. The molecule has 9 heteroatoms. The van der Waals surface area contributed by atoms with Crippen LogP contribution in [-0.2, 0) is 11.3 Å². The van der Waals surface area contributed by atoms with Crippen LogP contribution in [-0.4, -0.2) is 21.2 Å². The Balaban J connectivity index is 1.57. The van der Waals surface area contributed by atoms with Gasteiger partial charge in [0.1, 0.15) is 11.6 Å². The van der Waals surface area contributed by atoms with Crippen molar-refractivity contribution in [3.8, 4) is 5.75 Å². The molecule has 3 aromatic carbocycles. The minimum absolute atomic E-state index is 0.0902. The molecule has 1 fully saturated rings. The summed E-state index contributed by atoms with van der Waals surface area (Å²) in [6, 6.07) is 17.3. The van der Waals surface area contributed by atoms with Crippen LogP contribution in [0.3, 0.4) is 0 Å². The van der Waals surface area contributed by atoms with Gasteiger partial charge in [0.25, 0.3) is 11.1 Å². The van der Waals surface area contributed by atoms with Crippen molar-refractivity contribution in [2.45, 2.75) is 6.54 Å². The molecule has 160 valence electrons. The van der Waals surface area contributed by atoms with Gasteiger partial charge in [-0.2, -0.15) is 10.2 Å². The molecule has 0 atom stereocenters. The first-order valence-electron chi connectivity index (χ1n) is 9.40. The Morgan fingerprint density at radius 2 is 1.75 bits per heavy atom. The number of phenols is 1. The van der Waals surface area contributed by atoms with E-state index in [1.807, 2.05) is 0 Å². The van der Waals surface area contributed by atoms with Gasteiger partial charge in [-0.05, 0) is 60.3 Å². The summed E-state index contributed by atoms with van der Waals surface area (Å²) in [6.45, 7) is -0.172. The zero-order chi connectivity index (χ0) is 22.7. The maximum absolute atomic E-state index is 13.9. The van der Waals surface area contributed by atoms with E-state index >= 15 is 0 Å². The summed E-state index contributed by atoms with van der Waals surface area (Å²) >= 11 is 6.66. The smallest absolute Gasteiger partial charge is 0.293 e. The van der Waals surface area contributed by atoms with Gasteiger partial charge in [0.2, 0.25) is 0 Å². The second kappa shape index (κ2) is 9.33. The van der Waals surface area contributed by atoms with E-state index in [1.54, 1.807) is 36.4 Å². The number of carbonyl (C=O) groups is 2. The van der Waals surface area contributed by atoms with Gasteiger partial charge in [-0.15, -0.1) is 0 Å². The van der Waals surface area contributed by atoms with Gasteiger partial charge in [-0.25, -0.2) is 4.39 Å². The molecule has 1 heterocycles. The van der Waals surface area contributed by atoms with Crippen LogP contribution in [0.4, 0.5) is 20.6 Å². The molecule has 0 spiro atoms. The summed E-state index contributed by atoms with van der Waals surface area (Å²) in [5.74, 6) is -1.15. The topological polar surface area (TPSA) is 82.3 Å². The standard InChI is InChI=1S/C23H15ClFN3O3S/c24-16-5-3-6-17(12-16)26-27-18-8-9-20(29)15(10-18)11-21-22(30)28(23(31)32-21)13-14-4-1-2-7-19(14)25/h1-12,29H,13H2/b21-11-,27-26?. The molecule has 0 aliphatic carbocycles. The largest absolute Gasteiger partial charge is 0.507 e. The highest BCUT2D eigenvalue weighted by Gasteiger charge is 2.35. The Labute approximate surface area is 192 Å². The average Bonchev–Trinajstić information content (AvgIpc) is 3.03. The SMILES string of the molecule is O=C1S/C(=C\c2cc(N=Nc3cccc(Cl)c3)ccc2O)C(=O)N1Cc1ccccc1F. The van der Waals surface area contributed by atoms with Crippen molar-refractivity contribution in [1.29, 1.82) is 0 Å². The number of hydrogen-bond donors (Lipinski definition) is 1. The van der Waals surface area contributed by atoms with E-state index in [0.717, 1.165) is 16.7 Å². The number of halogens is 2. The van der Waals surface area contributed by atoms with Gasteiger partial charge < -0.3 is 5.11 Å². The van der Waals surface area contributed by atoms with Crippen LogP contribution in [0.15, 0.2) is 81.9 Å². The van der Waals surface area contributed by atoms with Crippen molar-refractivity contribution < 1.29 is 19.1 Å². The highest BCUT2D eigenvalue weighted by molar-refractivity contribution is 8.18. The molecule has 1 aliphatic rings. The normalized spacial score (nSPS) is 15.3. The molecule has 1 aliphatic heterocycles. The summed E-state index contributed by atoms with van der Waals surface area (Å²) in [5.41, 5.74) is 1.52. The third kappa shape index (κ3) is 4.87. The number of azo groups is 1. The second-order valence-corrected chi connectivity index (χ2v) is 8.21. The highest BCUT2D eigenvalue weighted by atomic mass is 35.5. The second-order valence-electron chi connectivity index (χ2n) is 6.78. The third-order valence-corrected chi connectivity index (χ3v) is 5.69. The van der Waals surface area contributed by atoms with E-state index in [2.05, 4.69) is 10.2 Å². The number of phenolic OH excluding ortho intramolecular Hbond substituents is 1. The van der Waals surface area contributed by atoms with Gasteiger partial charge >= 0.3 is 0 Å². The summed E-state index contributed by atoms with van der Waals surface area (Å²) in [6.07, 6.45) is 1.40. The number of aromatic hydroxyl groups is 1. The van der Waals surface area contributed by atoms with Crippen LogP contribution in [0.25, 0.3) is 6.08 Å². The van der Waals surface area contributed by atoms with Crippen LogP contribution in [0.1, 0.15) is 11.1 Å². The predicted octanol–water partition coefficient (Wildman–Crippen LogP) is 6.84. The van der Waals surface area contributed by atoms with E-state index in [1.165, 1.54) is 36.4 Å². The summed E-state index contributed by atoms with van der Waals surface area (Å²) in [4.78, 5) is 26.2. The molecule has 0 unspecified atom stereocenters. The van der Waals surface area contributed by atoms with Gasteiger partial charge in [0, 0.05) is 16.1 Å². The van der Waals surface area contributed by atoms with Crippen molar-refractivity contribution >= 4 is 52.0 Å². The number of amides is 2. The van der Waals surface area contributed by atoms with Crippen molar-refractivity contribution in [1.82, 2.24) is 4.90 Å². The lowest BCUT2D eigenvalue weighted by Crippen LogP contribution is -2.27. The van der Waals surface area contributed by atoms with E-state index < -0.39 is 17.0 Å². The Morgan fingerprint density at radius 3 is 2.50 bits per heavy atom. The van der Waals surface area contributed by atoms with E-state index in [0.29, 0.717) is 22.0 Å². The molecular weight excluding hydrogens is 453 g/mol. The molecule has 1 N–H and O–H groups in total. The predicted molar refractivity (Wildman–Crippen MR) is 122 cm³/mol. The number of imide groups is 1. The number of nitrogens with zero attached hydrogens (tertiary/aromatic N) is 3.